The first-order chi connectivity index (χ1) is 11.8. The van der Waals surface area contributed by atoms with E-state index in [1.165, 1.54) is 23.1 Å². The van der Waals surface area contributed by atoms with Crippen LogP contribution in [0, 0.1) is 0 Å². The highest BCUT2D eigenvalue weighted by Crippen LogP contribution is 2.37. The molecule has 0 amide bonds. The Morgan fingerprint density at radius 3 is 2.88 bits per heavy atom. The van der Waals surface area contributed by atoms with E-state index in [0.29, 0.717) is 15.8 Å². The Morgan fingerprint density at radius 2 is 2.08 bits per heavy atom. The summed E-state index contributed by atoms with van der Waals surface area (Å²) in [5.74, 6) is 1.61. The molecule has 0 N–H and O–H groups in total. The number of carbonyl (C=O) groups is 1. The maximum atomic E-state index is 10.7. The van der Waals surface area contributed by atoms with Gasteiger partial charge in [-0.2, -0.15) is 0 Å². The summed E-state index contributed by atoms with van der Waals surface area (Å²) in [6.07, 6.45) is 4.25. The highest BCUT2D eigenvalue weighted by molar-refractivity contribution is 7.15. The molecular weight excluding hydrogens is 322 g/mol. The Balaban J connectivity index is 1.51. The van der Waals surface area contributed by atoms with Gasteiger partial charge in [-0.25, -0.2) is 4.98 Å². The maximum absolute atomic E-state index is 10.7. The minimum absolute atomic E-state index is 0.0968. The molecule has 0 radical (unpaired) electrons. The van der Waals surface area contributed by atoms with E-state index < -0.39 is 0 Å². The summed E-state index contributed by atoms with van der Waals surface area (Å²) >= 11 is 1.23. The number of aromatic nitrogens is 1. The van der Waals surface area contributed by atoms with E-state index in [9.17, 15) is 4.79 Å². The van der Waals surface area contributed by atoms with Crippen molar-refractivity contribution in [2.45, 2.75) is 18.9 Å². The molecule has 0 bridgehead atoms. The second kappa shape index (κ2) is 6.45. The molecule has 0 spiro atoms. The molecule has 1 unspecified atom stereocenters. The summed E-state index contributed by atoms with van der Waals surface area (Å²) in [6, 6.07) is 16.1. The molecule has 5 heteroatoms. The van der Waals surface area contributed by atoms with Gasteiger partial charge >= 0.3 is 0 Å². The molecule has 3 aromatic rings. The standard InChI is InChI=1S/C19H15NO3S/c21-12-16-11-20-19(24-16)22-15-7-9-18-14(10-15)6-8-17(23-18)13-4-2-1-3-5-13/h1-5,7,9-12,17H,6,8H2. The van der Waals surface area contributed by atoms with Crippen LogP contribution in [0.5, 0.6) is 16.7 Å². The zero-order chi connectivity index (χ0) is 16.4. The number of benzene rings is 2. The summed E-state index contributed by atoms with van der Waals surface area (Å²) in [4.78, 5) is 15.3. The van der Waals surface area contributed by atoms with E-state index in [-0.39, 0.29) is 6.10 Å². The fraction of sp³-hybridized carbons (Fsp3) is 0.158. The summed E-state index contributed by atoms with van der Waals surface area (Å²) in [5.41, 5.74) is 2.33. The molecule has 0 fully saturated rings. The molecule has 1 atom stereocenters. The third-order valence-corrected chi connectivity index (χ3v) is 4.77. The Labute approximate surface area is 143 Å². The fourth-order valence-electron chi connectivity index (χ4n) is 2.80. The van der Waals surface area contributed by atoms with E-state index in [1.54, 1.807) is 0 Å². The van der Waals surface area contributed by atoms with Gasteiger partial charge in [0.25, 0.3) is 5.19 Å². The topological polar surface area (TPSA) is 48.4 Å². The van der Waals surface area contributed by atoms with Crippen molar-refractivity contribution in [1.29, 1.82) is 0 Å². The van der Waals surface area contributed by atoms with Crippen molar-refractivity contribution in [3.8, 4) is 16.7 Å². The lowest BCUT2D eigenvalue weighted by Gasteiger charge is -2.26. The van der Waals surface area contributed by atoms with E-state index >= 15 is 0 Å². The molecule has 4 nitrogen and oxygen atoms in total. The largest absolute Gasteiger partial charge is 0.485 e. The highest BCUT2D eigenvalue weighted by Gasteiger charge is 2.21. The van der Waals surface area contributed by atoms with Crippen molar-refractivity contribution in [1.82, 2.24) is 4.98 Å². The van der Waals surface area contributed by atoms with Gasteiger partial charge in [-0.1, -0.05) is 41.7 Å². The lowest BCUT2D eigenvalue weighted by molar-refractivity contribution is 0.112. The maximum Gasteiger partial charge on any atom is 0.279 e. The summed E-state index contributed by atoms with van der Waals surface area (Å²) in [5, 5.41) is 0.468. The van der Waals surface area contributed by atoms with Gasteiger partial charge in [0.05, 0.1) is 11.1 Å². The number of hydrogen-bond acceptors (Lipinski definition) is 5. The smallest absolute Gasteiger partial charge is 0.279 e. The van der Waals surface area contributed by atoms with Gasteiger partial charge in [0.1, 0.15) is 17.6 Å². The van der Waals surface area contributed by atoms with E-state index in [0.717, 1.165) is 30.4 Å². The molecule has 120 valence electrons. The molecule has 1 aliphatic heterocycles. The number of ether oxygens (including phenoxy) is 2. The van der Waals surface area contributed by atoms with Crippen LogP contribution >= 0.6 is 11.3 Å². The van der Waals surface area contributed by atoms with E-state index in [1.807, 2.05) is 36.4 Å². The molecule has 1 aromatic heterocycles. The van der Waals surface area contributed by atoms with Gasteiger partial charge in [0.15, 0.2) is 6.29 Å². The molecule has 4 rings (SSSR count). The van der Waals surface area contributed by atoms with Gasteiger partial charge in [-0.15, -0.1) is 0 Å². The Bertz CT molecular complexity index is 860. The first kappa shape index (κ1) is 14.9. The van der Waals surface area contributed by atoms with Crippen molar-refractivity contribution in [2.24, 2.45) is 0 Å². The summed E-state index contributed by atoms with van der Waals surface area (Å²) < 4.78 is 11.9. The van der Waals surface area contributed by atoms with Crippen molar-refractivity contribution in [3.63, 3.8) is 0 Å². The number of thiazole rings is 1. The first-order valence-electron chi connectivity index (χ1n) is 7.75. The Morgan fingerprint density at radius 1 is 1.21 bits per heavy atom. The van der Waals surface area contributed by atoms with Gasteiger partial charge in [-0.3, -0.25) is 4.79 Å². The second-order valence-corrected chi connectivity index (χ2v) is 6.60. The van der Waals surface area contributed by atoms with Gasteiger partial charge in [-0.05, 0) is 42.2 Å². The molecule has 2 aromatic carbocycles. The number of aldehydes is 1. The number of aryl methyl sites for hydroxylation is 1. The van der Waals surface area contributed by atoms with Crippen molar-refractivity contribution < 1.29 is 14.3 Å². The molecule has 0 aliphatic carbocycles. The zero-order valence-corrected chi connectivity index (χ0v) is 13.7. The van der Waals surface area contributed by atoms with Crippen molar-refractivity contribution in [3.05, 3.63) is 70.7 Å². The number of fused-ring (bicyclic) bond motifs is 1. The van der Waals surface area contributed by atoms with Gasteiger partial charge < -0.3 is 9.47 Å². The van der Waals surface area contributed by atoms with Crippen LogP contribution in [0.2, 0.25) is 0 Å². The van der Waals surface area contributed by atoms with E-state index in [4.69, 9.17) is 9.47 Å². The van der Waals surface area contributed by atoms with Crippen LogP contribution in [0.3, 0.4) is 0 Å². The number of nitrogens with zero attached hydrogens (tertiary/aromatic N) is 1. The van der Waals surface area contributed by atoms with Crippen molar-refractivity contribution >= 4 is 17.6 Å². The second-order valence-electron chi connectivity index (χ2n) is 5.57. The Kier molecular flexibility index (Phi) is 4.01. The molecular formula is C19H15NO3S. The van der Waals surface area contributed by atoms with Gasteiger partial charge in [0.2, 0.25) is 0 Å². The monoisotopic (exact) mass is 337 g/mol. The average molecular weight is 337 g/mol. The third kappa shape index (κ3) is 3.03. The lowest BCUT2D eigenvalue weighted by atomic mass is 9.97. The van der Waals surface area contributed by atoms with Crippen LogP contribution in [-0.4, -0.2) is 11.3 Å². The average Bonchev–Trinajstić information content (AvgIpc) is 3.09. The van der Waals surface area contributed by atoms with Crippen molar-refractivity contribution in [2.75, 3.05) is 0 Å². The molecule has 24 heavy (non-hydrogen) atoms. The minimum atomic E-state index is 0.0968. The van der Waals surface area contributed by atoms with E-state index in [2.05, 4.69) is 17.1 Å². The van der Waals surface area contributed by atoms with Crippen LogP contribution in [-0.2, 0) is 6.42 Å². The first-order valence-corrected chi connectivity index (χ1v) is 8.57. The third-order valence-electron chi connectivity index (χ3n) is 3.97. The zero-order valence-electron chi connectivity index (χ0n) is 12.8. The van der Waals surface area contributed by atoms with Crippen LogP contribution in [0.4, 0.5) is 0 Å². The van der Waals surface area contributed by atoms with Gasteiger partial charge in [0, 0.05) is 0 Å². The van der Waals surface area contributed by atoms with Crippen LogP contribution in [0.25, 0.3) is 0 Å². The SMILES string of the molecule is O=Cc1cnc(Oc2ccc3c(c2)CCC(c2ccccc2)O3)s1. The predicted octanol–water partition coefficient (Wildman–Crippen LogP) is 4.81. The van der Waals surface area contributed by atoms with Crippen LogP contribution < -0.4 is 9.47 Å². The lowest BCUT2D eigenvalue weighted by Crippen LogP contribution is -2.15. The quantitative estimate of drug-likeness (QED) is 0.641. The van der Waals surface area contributed by atoms with Crippen LogP contribution in [0.15, 0.2) is 54.7 Å². The fourth-order valence-corrected chi connectivity index (χ4v) is 3.40. The van der Waals surface area contributed by atoms with Crippen LogP contribution in [0.1, 0.15) is 33.3 Å². The molecule has 0 saturated heterocycles. The summed E-state index contributed by atoms with van der Waals surface area (Å²) in [6.45, 7) is 0. The number of hydrogen-bond donors (Lipinski definition) is 0. The Hall–Kier alpha value is -2.66. The minimum Gasteiger partial charge on any atom is -0.485 e. The molecule has 0 saturated carbocycles. The highest BCUT2D eigenvalue weighted by atomic mass is 32.1. The normalized spacial score (nSPS) is 16.1. The molecule has 2 heterocycles. The number of rotatable bonds is 4. The molecule has 1 aliphatic rings. The number of carbonyl (C=O) groups excluding carboxylic acids is 1. The predicted molar refractivity (Wildman–Crippen MR) is 92.1 cm³/mol. The summed E-state index contributed by atoms with van der Waals surface area (Å²) in [7, 11) is 0.